The maximum absolute atomic E-state index is 13.5. The molecular formula is C25H38N6O3. The van der Waals surface area contributed by atoms with E-state index >= 15 is 0 Å². The fraction of sp³-hybridized carbons (Fsp3) is 0.560. The number of hydrogen-bond donors (Lipinski definition) is 2. The molecule has 1 aromatic heterocycles. The molecule has 1 aliphatic rings. The summed E-state index contributed by atoms with van der Waals surface area (Å²) in [4.78, 5) is 46.9. The number of piperazine rings is 1. The molecule has 0 spiro atoms. The lowest BCUT2D eigenvalue weighted by Crippen LogP contribution is -2.51. The van der Waals surface area contributed by atoms with Gasteiger partial charge in [-0.3, -0.25) is 24.0 Å². The van der Waals surface area contributed by atoms with Gasteiger partial charge in [0.25, 0.3) is 5.56 Å². The zero-order valence-electron chi connectivity index (χ0n) is 20.6. The number of benzene rings is 1. The number of anilines is 3. The summed E-state index contributed by atoms with van der Waals surface area (Å²) in [5.41, 5.74) is 6.44. The van der Waals surface area contributed by atoms with E-state index < -0.39 is 11.2 Å². The first kappa shape index (κ1) is 25.6. The third-order valence-corrected chi connectivity index (χ3v) is 6.30. The molecule has 1 amide bonds. The van der Waals surface area contributed by atoms with Crippen molar-refractivity contribution in [1.82, 2.24) is 14.5 Å². The molecule has 0 bridgehead atoms. The van der Waals surface area contributed by atoms with E-state index in [0.29, 0.717) is 19.0 Å². The molecule has 1 aromatic carbocycles. The first-order valence-corrected chi connectivity index (χ1v) is 12.3. The van der Waals surface area contributed by atoms with Crippen molar-refractivity contribution in [3.63, 3.8) is 0 Å². The van der Waals surface area contributed by atoms with Crippen molar-refractivity contribution in [3.8, 4) is 0 Å². The van der Waals surface area contributed by atoms with Gasteiger partial charge in [-0.05, 0) is 30.9 Å². The summed E-state index contributed by atoms with van der Waals surface area (Å²) >= 11 is 0. The van der Waals surface area contributed by atoms with Gasteiger partial charge in [0.05, 0.1) is 6.54 Å². The second-order valence-corrected chi connectivity index (χ2v) is 9.32. The second kappa shape index (κ2) is 11.9. The minimum Gasteiger partial charge on any atom is -0.383 e. The smallest absolute Gasteiger partial charge is 0.330 e. The van der Waals surface area contributed by atoms with Crippen LogP contribution >= 0.6 is 0 Å². The van der Waals surface area contributed by atoms with Crippen molar-refractivity contribution in [2.75, 3.05) is 54.8 Å². The van der Waals surface area contributed by atoms with Crippen LogP contribution in [0.5, 0.6) is 0 Å². The van der Waals surface area contributed by atoms with Crippen LogP contribution in [-0.2, 0) is 11.3 Å². The third-order valence-electron chi connectivity index (χ3n) is 6.30. The molecule has 1 aliphatic heterocycles. The Morgan fingerprint density at radius 3 is 2.41 bits per heavy atom. The Bertz CT molecular complexity index is 1050. The van der Waals surface area contributed by atoms with Crippen LogP contribution in [0.25, 0.3) is 0 Å². The first-order chi connectivity index (χ1) is 16.3. The van der Waals surface area contributed by atoms with Gasteiger partial charge in [0.15, 0.2) is 5.69 Å². The molecule has 2 heterocycles. The molecule has 9 nitrogen and oxygen atoms in total. The van der Waals surface area contributed by atoms with Gasteiger partial charge in [0.2, 0.25) is 5.91 Å². The number of hydrogen-bond acceptors (Lipinski definition) is 6. The molecule has 1 saturated heterocycles. The van der Waals surface area contributed by atoms with Gasteiger partial charge >= 0.3 is 5.69 Å². The van der Waals surface area contributed by atoms with E-state index in [-0.39, 0.29) is 24.0 Å². The minimum absolute atomic E-state index is 0.0632. The lowest BCUT2D eigenvalue weighted by molar-refractivity contribution is -0.119. The van der Waals surface area contributed by atoms with Crippen LogP contribution < -0.4 is 26.8 Å². The number of H-pyrrole nitrogens is 1. The Morgan fingerprint density at radius 2 is 1.79 bits per heavy atom. The average Bonchev–Trinajstić information content (AvgIpc) is 2.81. The minimum atomic E-state index is -0.610. The van der Waals surface area contributed by atoms with Gasteiger partial charge < -0.3 is 15.5 Å². The fourth-order valence-electron chi connectivity index (χ4n) is 4.20. The highest BCUT2D eigenvalue weighted by Crippen LogP contribution is 2.20. The molecule has 34 heavy (non-hydrogen) atoms. The number of carbonyl (C=O) groups excluding carboxylic acids is 1. The molecule has 3 N–H and O–H groups in total. The van der Waals surface area contributed by atoms with Crippen LogP contribution in [0.3, 0.4) is 0 Å². The quantitative estimate of drug-likeness (QED) is 0.551. The molecule has 0 saturated carbocycles. The molecule has 2 aromatic rings. The van der Waals surface area contributed by atoms with Crippen molar-refractivity contribution < 1.29 is 4.79 Å². The highest BCUT2D eigenvalue weighted by molar-refractivity contribution is 5.96. The third kappa shape index (κ3) is 6.28. The van der Waals surface area contributed by atoms with Gasteiger partial charge in [-0.15, -0.1) is 0 Å². The number of nitrogens with zero attached hydrogens (tertiary/aromatic N) is 4. The molecule has 0 radical (unpaired) electrons. The monoisotopic (exact) mass is 470 g/mol. The van der Waals surface area contributed by atoms with Crippen molar-refractivity contribution in [3.05, 3.63) is 51.2 Å². The molecule has 0 unspecified atom stereocenters. The zero-order chi connectivity index (χ0) is 24.7. The van der Waals surface area contributed by atoms with E-state index in [2.05, 4.69) is 40.8 Å². The number of aromatic nitrogens is 2. The number of nitrogen functional groups attached to an aromatic ring is 1. The lowest BCUT2D eigenvalue weighted by atomic mass is 10.1. The number of carbonyl (C=O) groups is 1. The summed E-state index contributed by atoms with van der Waals surface area (Å²) in [6, 6.07) is 10.2. The summed E-state index contributed by atoms with van der Waals surface area (Å²) in [6.07, 6.45) is 2.35. The highest BCUT2D eigenvalue weighted by atomic mass is 16.2. The molecule has 0 atom stereocenters. The number of nitrogens with two attached hydrogens (primary N) is 1. The van der Waals surface area contributed by atoms with Crippen molar-refractivity contribution in [2.45, 2.75) is 46.6 Å². The van der Waals surface area contributed by atoms with Crippen molar-refractivity contribution >= 4 is 23.1 Å². The number of amides is 1. The SMILES string of the molecule is CCCCn1c(N)c(N(CCC(C)C)C(=O)CN2CCN(c3ccccc3)CC2)c(=O)[nH]c1=O. The number of rotatable bonds is 10. The normalized spacial score (nSPS) is 14.5. The highest BCUT2D eigenvalue weighted by Gasteiger charge is 2.27. The maximum atomic E-state index is 13.5. The van der Waals surface area contributed by atoms with Crippen molar-refractivity contribution in [2.24, 2.45) is 5.92 Å². The average molecular weight is 471 g/mol. The Hall–Kier alpha value is -3.07. The van der Waals surface area contributed by atoms with Crippen LogP contribution in [0.4, 0.5) is 17.2 Å². The van der Waals surface area contributed by atoms with Crippen molar-refractivity contribution in [1.29, 1.82) is 0 Å². The summed E-state index contributed by atoms with van der Waals surface area (Å²) in [7, 11) is 0. The van der Waals surface area contributed by atoms with Crippen LogP contribution in [0.1, 0.15) is 40.0 Å². The van der Waals surface area contributed by atoms with E-state index in [1.165, 1.54) is 15.2 Å². The Morgan fingerprint density at radius 1 is 1.12 bits per heavy atom. The van der Waals surface area contributed by atoms with E-state index in [9.17, 15) is 14.4 Å². The molecule has 9 heteroatoms. The van der Waals surface area contributed by atoms with Gasteiger partial charge in [-0.2, -0.15) is 0 Å². The van der Waals surface area contributed by atoms with Crippen LogP contribution in [0, 0.1) is 5.92 Å². The van der Waals surface area contributed by atoms with Gasteiger partial charge in [0.1, 0.15) is 5.82 Å². The maximum Gasteiger partial charge on any atom is 0.330 e. The predicted molar refractivity (Wildman–Crippen MR) is 138 cm³/mol. The van der Waals surface area contributed by atoms with Crippen LogP contribution in [0.15, 0.2) is 39.9 Å². The number of aromatic amines is 1. The number of nitrogens with one attached hydrogen (secondary N) is 1. The standard InChI is InChI=1S/C25H38N6O3/c1-4-5-12-31-23(26)22(24(33)27-25(31)34)30(13-11-19(2)3)21(32)18-28-14-16-29(17-15-28)20-9-7-6-8-10-20/h6-10,19H,4-5,11-18,26H2,1-3H3,(H,27,33,34). The number of para-hydroxylation sites is 1. The van der Waals surface area contributed by atoms with E-state index in [1.54, 1.807) is 0 Å². The molecule has 3 rings (SSSR count). The van der Waals surface area contributed by atoms with Gasteiger partial charge in [-0.1, -0.05) is 45.4 Å². The summed E-state index contributed by atoms with van der Waals surface area (Å²) < 4.78 is 1.37. The summed E-state index contributed by atoms with van der Waals surface area (Å²) in [5.74, 6) is 0.232. The van der Waals surface area contributed by atoms with Gasteiger partial charge in [-0.25, -0.2) is 4.79 Å². The predicted octanol–water partition coefficient (Wildman–Crippen LogP) is 2.12. The zero-order valence-corrected chi connectivity index (χ0v) is 20.6. The first-order valence-electron chi connectivity index (χ1n) is 12.3. The largest absolute Gasteiger partial charge is 0.383 e. The molecular weight excluding hydrogens is 432 g/mol. The van der Waals surface area contributed by atoms with E-state index in [1.807, 2.05) is 25.1 Å². The number of unbranched alkanes of at least 4 members (excludes halogenated alkanes) is 1. The summed E-state index contributed by atoms with van der Waals surface area (Å²) in [6.45, 7) is 10.3. The lowest BCUT2D eigenvalue weighted by Gasteiger charge is -2.36. The Labute approximate surface area is 201 Å². The Balaban J connectivity index is 1.78. The summed E-state index contributed by atoms with van der Waals surface area (Å²) in [5, 5.41) is 0. The Kier molecular flexibility index (Phi) is 8.92. The van der Waals surface area contributed by atoms with Gasteiger partial charge in [0, 0.05) is 45.0 Å². The molecule has 0 aliphatic carbocycles. The fourth-order valence-corrected chi connectivity index (χ4v) is 4.20. The van der Waals surface area contributed by atoms with E-state index in [4.69, 9.17) is 5.73 Å². The van der Waals surface area contributed by atoms with Crippen LogP contribution in [0.2, 0.25) is 0 Å². The second-order valence-electron chi connectivity index (χ2n) is 9.32. The van der Waals surface area contributed by atoms with Crippen LogP contribution in [-0.4, -0.2) is 59.6 Å². The van der Waals surface area contributed by atoms with E-state index in [0.717, 1.165) is 45.4 Å². The molecule has 1 fully saturated rings. The topological polar surface area (TPSA) is 108 Å². The molecule has 186 valence electrons.